The molecule has 2 N–H and O–H groups in total. The fourth-order valence-electron chi connectivity index (χ4n) is 10.6. The van der Waals surface area contributed by atoms with Gasteiger partial charge in [0.05, 0.1) is 38.1 Å². The van der Waals surface area contributed by atoms with Crippen molar-refractivity contribution in [2.45, 2.75) is 108 Å². The zero-order valence-corrected chi connectivity index (χ0v) is 39.0. The molecule has 12 nitrogen and oxygen atoms in total. The first kappa shape index (κ1) is 48.2. The van der Waals surface area contributed by atoms with Gasteiger partial charge in [0.1, 0.15) is 29.9 Å². The van der Waals surface area contributed by atoms with Gasteiger partial charge in [-0.15, -0.1) is 6.58 Å². The normalized spacial score (nSPS) is 24.8. The number of carbonyl (C=O) groups excluding carboxylic acids is 1. The highest BCUT2D eigenvalue weighted by molar-refractivity contribution is 6.03. The molecular formula is C55H68N2O10. The minimum Gasteiger partial charge on any atom is -0.459 e. The summed E-state index contributed by atoms with van der Waals surface area (Å²) >= 11 is 0. The first-order valence-corrected chi connectivity index (χ1v) is 24.5. The second-order valence-corrected chi connectivity index (χ2v) is 18.1. The van der Waals surface area contributed by atoms with E-state index in [0.29, 0.717) is 56.2 Å². The van der Waals surface area contributed by atoms with Crippen LogP contribution >= 0.6 is 0 Å². The Morgan fingerprint density at radius 1 is 0.910 bits per heavy atom. The Kier molecular flexibility index (Phi) is 17.0. The van der Waals surface area contributed by atoms with E-state index in [4.69, 9.17) is 38.4 Å². The standard InChI is InChI=1S/C55H68N2O10/c1-3-27-57(54(60)63-33-32-61-38-39-16-6-5-7-17-39)50-37-48(56-67-51-22-12-15-31-62-51)46-35-42(20-10-13-28-58)45(21-11-14-29-59)52-47-36-44(65-43-24-23-40-18-8-9-19-41(40)34-43)25-26-49(47)66-55(50,53(46)52)64-30-4-2/h4-9,16-19,23-26,34-36,42,45,50-53,58-59H,2-3,10-15,20-22,27-33,37-38H2,1H3. The van der Waals surface area contributed by atoms with Gasteiger partial charge in [-0.2, -0.15) is 0 Å². The second kappa shape index (κ2) is 23.7. The lowest BCUT2D eigenvalue weighted by Gasteiger charge is -2.60. The lowest BCUT2D eigenvalue weighted by Crippen LogP contribution is -2.70. The van der Waals surface area contributed by atoms with Crippen LogP contribution in [0.1, 0.15) is 94.6 Å². The van der Waals surface area contributed by atoms with Crippen LogP contribution in [0.2, 0.25) is 0 Å². The molecule has 2 aliphatic heterocycles. The molecule has 0 aromatic heterocycles. The largest absolute Gasteiger partial charge is 0.459 e. The van der Waals surface area contributed by atoms with Crippen molar-refractivity contribution in [1.29, 1.82) is 0 Å². The van der Waals surface area contributed by atoms with E-state index < -0.39 is 30.1 Å². The predicted octanol–water partition coefficient (Wildman–Crippen LogP) is 10.9. The van der Waals surface area contributed by atoms with Crippen LogP contribution in [0.4, 0.5) is 4.79 Å². The van der Waals surface area contributed by atoms with Crippen molar-refractivity contribution in [1.82, 2.24) is 4.90 Å². The van der Waals surface area contributed by atoms with E-state index in [2.05, 4.69) is 43.0 Å². The van der Waals surface area contributed by atoms with Crippen molar-refractivity contribution >= 4 is 22.6 Å². The monoisotopic (exact) mass is 916 g/mol. The van der Waals surface area contributed by atoms with E-state index in [1.165, 1.54) is 0 Å². The van der Waals surface area contributed by atoms with Crippen molar-refractivity contribution in [3.63, 3.8) is 0 Å². The van der Waals surface area contributed by atoms with E-state index >= 15 is 0 Å². The van der Waals surface area contributed by atoms with Crippen LogP contribution in [-0.2, 0) is 30.4 Å². The van der Waals surface area contributed by atoms with Gasteiger partial charge >= 0.3 is 6.09 Å². The summed E-state index contributed by atoms with van der Waals surface area (Å²) in [4.78, 5) is 22.7. The third kappa shape index (κ3) is 11.4. The highest BCUT2D eigenvalue weighted by Gasteiger charge is 2.65. The average molecular weight is 917 g/mol. The highest BCUT2D eigenvalue weighted by atomic mass is 16.8. The zero-order chi connectivity index (χ0) is 46.4. The van der Waals surface area contributed by atoms with Gasteiger partial charge in [-0.1, -0.05) is 97.7 Å². The zero-order valence-electron chi connectivity index (χ0n) is 39.0. The van der Waals surface area contributed by atoms with Crippen LogP contribution < -0.4 is 9.47 Å². The third-order valence-corrected chi connectivity index (χ3v) is 13.7. The maximum absolute atomic E-state index is 14.6. The molecule has 1 amide bonds. The molecule has 1 saturated carbocycles. The van der Waals surface area contributed by atoms with E-state index in [1.54, 1.807) is 11.0 Å². The van der Waals surface area contributed by atoms with Crippen molar-refractivity contribution < 1.29 is 48.3 Å². The summed E-state index contributed by atoms with van der Waals surface area (Å²) in [7, 11) is 0. The smallest absolute Gasteiger partial charge is 0.410 e. The first-order valence-electron chi connectivity index (χ1n) is 24.5. The first-order chi connectivity index (χ1) is 33.0. The molecule has 2 heterocycles. The van der Waals surface area contributed by atoms with E-state index in [9.17, 15) is 15.0 Å². The Morgan fingerprint density at radius 2 is 1.69 bits per heavy atom. The Morgan fingerprint density at radius 3 is 2.46 bits per heavy atom. The van der Waals surface area contributed by atoms with Gasteiger partial charge in [-0.3, -0.25) is 4.90 Å². The van der Waals surface area contributed by atoms with Crippen molar-refractivity contribution in [2.75, 3.05) is 46.2 Å². The van der Waals surface area contributed by atoms with Crippen LogP contribution in [0.5, 0.6) is 17.2 Å². The second-order valence-electron chi connectivity index (χ2n) is 18.1. The number of carbonyl (C=O) groups is 1. The summed E-state index contributed by atoms with van der Waals surface area (Å²) < 4.78 is 39.2. The topological polar surface area (TPSA) is 138 Å². The van der Waals surface area contributed by atoms with Crippen LogP contribution in [0.15, 0.2) is 120 Å². The van der Waals surface area contributed by atoms with Crippen LogP contribution in [0.3, 0.4) is 0 Å². The number of aliphatic hydroxyl groups excluding tert-OH is 2. The molecule has 0 spiro atoms. The number of benzene rings is 4. The van der Waals surface area contributed by atoms with Gasteiger partial charge in [0.2, 0.25) is 12.1 Å². The van der Waals surface area contributed by atoms with Gasteiger partial charge in [-0.25, -0.2) is 4.79 Å². The van der Waals surface area contributed by atoms with Gasteiger partial charge in [0, 0.05) is 44.1 Å². The number of allylic oxidation sites excluding steroid dienone is 1. The maximum Gasteiger partial charge on any atom is 0.410 e. The van der Waals surface area contributed by atoms with Gasteiger partial charge in [0.15, 0.2) is 0 Å². The fourth-order valence-corrected chi connectivity index (χ4v) is 10.6. The van der Waals surface area contributed by atoms with Gasteiger partial charge < -0.3 is 43.5 Å². The van der Waals surface area contributed by atoms with Crippen LogP contribution in [0, 0.1) is 17.8 Å². The number of oxime groups is 1. The summed E-state index contributed by atoms with van der Waals surface area (Å²) in [6, 6.07) is 29.5. The molecule has 1 saturated heterocycles. The number of ether oxygens (including phenoxy) is 6. The molecule has 67 heavy (non-hydrogen) atoms. The predicted molar refractivity (Wildman–Crippen MR) is 258 cm³/mol. The number of fused-ring (bicyclic) bond motifs is 3. The minimum absolute atomic E-state index is 0.0557. The summed E-state index contributed by atoms with van der Waals surface area (Å²) in [5, 5.41) is 27.2. The Labute approximate surface area is 395 Å². The number of aliphatic hydroxyl groups is 2. The quantitative estimate of drug-likeness (QED) is 0.0420. The minimum atomic E-state index is -1.41. The van der Waals surface area contributed by atoms with Gasteiger partial charge in [-0.05, 0) is 109 Å². The molecular weight excluding hydrogens is 849 g/mol. The summed E-state index contributed by atoms with van der Waals surface area (Å²) in [6.45, 7) is 8.13. The molecule has 4 aromatic rings. The number of unbranched alkanes of at least 4 members (excludes halogenated alkanes) is 2. The lowest BCUT2D eigenvalue weighted by molar-refractivity contribution is -0.255. The highest BCUT2D eigenvalue weighted by Crippen LogP contribution is 2.62. The number of rotatable bonds is 23. The van der Waals surface area contributed by atoms with E-state index in [0.717, 1.165) is 78.2 Å². The average Bonchev–Trinajstić information content (AvgIpc) is 3.36. The summed E-state index contributed by atoms with van der Waals surface area (Å²) in [5.74, 6) is 0.0736. The molecule has 8 rings (SSSR count). The molecule has 4 aromatic carbocycles. The maximum atomic E-state index is 14.6. The van der Waals surface area contributed by atoms with E-state index in [1.807, 2.05) is 67.6 Å². The molecule has 0 bridgehead atoms. The van der Waals surface area contributed by atoms with E-state index in [-0.39, 0.29) is 57.2 Å². The summed E-state index contributed by atoms with van der Waals surface area (Å²) in [6.07, 6.45) is 11.3. The lowest BCUT2D eigenvalue weighted by atomic mass is 9.55. The summed E-state index contributed by atoms with van der Waals surface area (Å²) in [5.41, 5.74) is 3.68. The number of nitrogens with zero attached hydrogens (tertiary/aromatic N) is 2. The van der Waals surface area contributed by atoms with Crippen molar-refractivity contribution in [3.05, 3.63) is 126 Å². The Hall–Kier alpha value is -5.24. The van der Waals surface area contributed by atoms with Crippen molar-refractivity contribution in [3.8, 4) is 17.2 Å². The number of amides is 1. The molecule has 0 radical (unpaired) electrons. The third-order valence-electron chi connectivity index (χ3n) is 13.7. The number of hydrogen-bond acceptors (Lipinski definition) is 11. The molecule has 12 heteroatoms. The number of hydrogen-bond donors (Lipinski definition) is 2. The van der Waals surface area contributed by atoms with Crippen LogP contribution in [0.25, 0.3) is 10.8 Å². The molecule has 7 atom stereocenters. The van der Waals surface area contributed by atoms with Gasteiger partial charge in [0.25, 0.3) is 0 Å². The molecule has 4 aliphatic rings. The van der Waals surface area contributed by atoms with Crippen LogP contribution in [-0.4, -0.2) is 91.2 Å². The molecule has 358 valence electrons. The SMILES string of the molecule is C=CCOC12Oc3ccc(Oc4ccc5ccccc5c4)cc3C3C(CCCCO)C(CCCCO)C=C(C(=NOC4CCCCO4)CC1N(CCC)C(=O)OCCOCc1ccccc1)C32. The Balaban J connectivity index is 1.23. The molecule has 7 unspecified atom stereocenters. The fraction of sp³-hybridized carbons (Fsp3) is 0.491. The molecule has 2 fully saturated rings. The van der Waals surface area contributed by atoms with Crippen molar-refractivity contribution in [2.24, 2.45) is 22.9 Å². The Bertz CT molecular complexity index is 2300. The molecule has 2 aliphatic carbocycles.